The number of carbonyl (C=O) groups excluding carboxylic acids is 1. The summed E-state index contributed by atoms with van der Waals surface area (Å²) in [5, 5.41) is 10.8. The molecule has 3 nitrogen and oxygen atoms in total. The molecular weight excluding hydrogens is 278 g/mol. The van der Waals surface area contributed by atoms with E-state index in [1.807, 2.05) is 7.05 Å². The van der Waals surface area contributed by atoms with Gasteiger partial charge in [-0.05, 0) is 50.5 Å². The Morgan fingerprint density at radius 2 is 1.86 bits per heavy atom. The van der Waals surface area contributed by atoms with Crippen molar-refractivity contribution in [1.29, 1.82) is 0 Å². The van der Waals surface area contributed by atoms with E-state index in [-0.39, 0.29) is 24.8 Å². The number of alkyl halides is 3. The van der Waals surface area contributed by atoms with Gasteiger partial charge in [0.2, 0.25) is 0 Å². The predicted octanol–water partition coefficient (Wildman–Crippen LogP) is -1.12. The van der Waals surface area contributed by atoms with Crippen LogP contribution in [0.5, 0.6) is 0 Å². The number of hydrogen-bond acceptors (Lipinski definition) is 3. The summed E-state index contributed by atoms with van der Waals surface area (Å²) in [5.41, 5.74) is -1.36. The van der Waals surface area contributed by atoms with Gasteiger partial charge in [0.05, 0.1) is 11.5 Å². The largest absolute Gasteiger partial charge is 1.00 e. The SMILES string of the molecule is CN1CCC(c2ccc(C(=O)[O-])c(C(F)(F)F)c2)CC1.[Li+]. The third-order valence-corrected chi connectivity index (χ3v) is 3.76. The molecule has 7 heteroatoms. The van der Waals surface area contributed by atoms with E-state index >= 15 is 0 Å². The van der Waals surface area contributed by atoms with Crippen molar-refractivity contribution >= 4 is 5.97 Å². The predicted molar refractivity (Wildman–Crippen MR) is 65.2 cm³/mol. The topological polar surface area (TPSA) is 43.4 Å². The zero-order chi connectivity index (χ0) is 14.9. The second-order valence-corrected chi connectivity index (χ2v) is 5.17. The van der Waals surface area contributed by atoms with Gasteiger partial charge in [-0.2, -0.15) is 13.2 Å². The minimum Gasteiger partial charge on any atom is -0.545 e. The van der Waals surface area contributed by atoms with E-state index in [0.717, 1.165) is 38.1 Å². The zero-order valence-corrected chi connectivity index (χ0v) is 12.0. The molecule has 21 heavy (non-hydrogen) atoms. The van der Waals surface area contributed by atoms with Crippen LogP contribution in [0.2, 0.25) is 0 Å². The van der Waals surface area contributed by atoms with Crippen molar-refractivity contribution in [1.82, 2.24) is 4.90 Å². The van der Waals surface area contributed by atoms with E-state index in [2.05, 4.69) is 4.90 Å². The van der Waals surface area contributed by atoms with Crippen molar-refractivity contribution in [2.45, 2.75) is 24.9 Å². The number of likely N-dealkylation sites (tertiary alicyclic amines) is 1. The van der Waals surface area contributed by atoms with Crippen molar-refractivity contribution in [2.75, 3.05) is 20.1 Å². The summed E-state index contributed by atoms with van der Waals surface area (Å²) in [4.78, 5) is 12.9. The van der Waals surface area contributed by atoms with Gasteiger partial charge in [0.25, 0.3) is 0 Å². The minimum absolute atomic E-state index is 0. The van der Waals surface area contributed by atoms with Crippen molar-refractivity contribution in [2.24, 2.45) is 0 Å². The number of piperidine rings is 1. The summed E-state index contributed by atoms with van der Waals surface area (Å²) in [7, 11) is 1.97. The van der Waals surface area contributed by atoms with Gasteiger partial charge >= 0.3 is 25.0 Å². The van der Waals surface area contributed by atoms with E-state index in [0.29, 0.717) is 5.56 Å². The number of rotatable bonds is 2. The van der Waals surface area contributed by atoms with Gasteiger partial charge in [-0.1, -0.05) is 12.1 Å². The quantitative estimate of drug-likeness (QED) is 0.649. The molecule has 1 aromatic rings. The average Bonchev–Trinajstić information content (AvgIpc) is 2.38. The molecule has 1 aromatic carbocycles. The molecule has 0 spiro atoms. The Balaban J connectivity index is 0.00000220. The molecule has 1 saturated heterocycles. The molecule has 2 rings (SSSR count). The third-order valence-electron chi connectivity index (χ3n) is 3.76. The van der Waals surface area contributed by atoms with Crippen LogP contribution in [0, 0.1) is 0 Å². The van der Waals surface area contributed by atoms with Gasteiger partial charge < -0.3 is 14.8 Å². The number of nitrogens with zero attached hydrogens (tertiary/aromatic N) is 1. The summed E-state index contributed by atoms with van der Waals surface area (Å²) < 4.78 is 38.8. The number of halogens is 3. The number of benzene rings is 1. The molecule has 0 N–H and O–H groups in total. The fraction of sp³-hybridized carbons (Fsp3) is 0.500. The first-order chi connectivity index (χ1) is 9.29. The van der Waals surface area contributed by atoms with E-state index in [1.165, 1.54) is 6.07 Å². The fourth-order valence-electron chi connectivity index (χ4n) is 2.57. The average molecular weight is 293 g/mol. The number of carboxylic acids is 1. The molecule has 1 heterocycles. The number of aromatic carboxylic acids is 1. The maximum Gasteiger partial charge on any atom is 1.00 e. The fourth-order valence-corrected chi connectivity index (χ4v) is 2.57. The number of carbonyl (C=O) groups is 1. The second kappa shape index (κ2) is 6.86. The maximum atomic E-state index is 12.9. The Morgan fingerprint density at radius 1 is 1.29 bits per heavy atom. The molecule has 0 amide bonds. The molecule has 0 aromatic heterocycles. The number of carboxylic acid groups (broad SMARTS) is 1. The summed E-state index contributed by atoms with van der Waals surface area (Å²) in [6, 6.07) is 3.43. The monoisotopic (exact) mass is 293 g/mol. The van der Waals surface area contributed by atoms with Crippen molar-refractivity contribution in [3.8, 4) is 0 Å². The van der Waals surface area contributed by atoms with Gasteiger partial charge in [0.1, 0.15) is 0 Å². The molecule has 1 aliphatic rings. The second-order valence-electron chi connectivity index (χ2n) is 5.17. The van der Waals surface area contributed by atoms with Crippen LogP contribution in [0.25, 0.3) is 0 Å². The van der Waals surface area contributed by atoms with Crippen LogP contribution < -0.4 is 24.0 Å². The molecule has 110 valence electrons. The molecule has 0 aliphatic carbocycles. The molecule has 1 aliphatic heterocycles. The molecule has 0 saturated carbocycles. The normalized spacial score (nSPS) is 17.3. The first-order valence-corrected chi connectivity index (χ1v) is 6.40. The van der Waals surface area contributed by atoms with Crippen LogP contribution in [0.1, 0.15) is 40.2 Å². The minimum atomic E-state index is -4.68. The molecule has 1 fully saturated rings. The van der Waals surface area contributed by atoms with Crippen LogP contribution >= 0.6 is 0 Å². The van der Waals surface area contributed by atoms with Gasteiger partial charge in [-0.3, -0.25) is 0 Å². The number of hydrogen-bond donors (Lipinski definition) is 0. The Morgan fingerprint density at radius 3 is 2.33 bits per heavy atom. The zero-order valence-electron chi connectivity index (χ0n) is 12.0. The van der Waals surface area contributed by atoms with E-state index in [1.54, 1.807) is 0 Å². The standard InChI is InChI=1S/C14H16F3NO2.Li/c1-18-6-4-9(5-7-18)10-2-3-11(13(19)20)12(8-10)14(15,16)17;/h2-3,8-9H,4-7H2,1H3,(H,19,20);/q;+1/p-1. The summed E-state index contributed by atoms with van der Waals surface area (Å²) in [5.74, 6) is -1.75. The van der Waals surface area contributed by atoms with Crippen LogP contribution in [0.15, 0.2) is 18.2 Å². The Labute approximate surface area is 133 Å². The summed E-state index contributed by atoms with van der Waals surface area (Å²) in [6.45, 7) is 1.66. The maximum absolute atomic E-state index is 12.9. The van der Waals surface area contributed by atoms with Crippen molar-refractivity contribution in [3.63, 3.8) is 0 Å². The Kier molecular flexibility index (Phi) is 5.91. The summed E-state index contributed by atoms with van der Waals surface area (Å²) >= 11 is 0. The van der Waals surface area contributed by atoms with Crippen LogP contribution in [-0.2, 0) is 6.18 Å². The molecule has 0 unspecified atom stereocenters. The van der Waals surface area contributed by atoms with E-state index in [4.69, 9.17) is 0 Å². The van der Waals surface area contributed by atoms with Crippen molar-refractivity contribution in [3.05, 3.63) is 34.9 Å². The first-order valence-electron chi connectivity index (χ1n) is 6.40. The van der Waals surface area contributed by atoms with Crippen molar-refractivity contribution < 1.29 is 41.9 Å². The molecule has 0 bridgehead atoms. The van der Waals surface area contributed by atoms with Gasteiger partial charge in [0.15, 0.2) is 0 Å². The molecular formula is C14H15F3LiNO2. The smallest absolute Gasteiger partial charge is 0.545 e. The first kappa shape index (κ1) is 18.1. The van der Waals surface area contributed by atoms with E-state index < -0.39 is 23.3 Å². The summed E-state index contributed by atoms with van der Waals surface area (Å²) in [6.07, 6.45) is -3.13. The van der Waals surface area contributed by atoms with Gasteiger partial charge in [0, 0.05) is 5.56 Å². The van der Waals surface area contributed by atoms with Crippen LogP contribution in [0.3, 0.4) is 0 Å². The molecule has 0 atom stereocenters. The third kappa shape index (κ3) is 4.26. The molecule has 0 radical (unpaired) electrons. The Bertz CT molecular complexity index is 511. The van der Waals surface area contributed by atoms with Gasteiger partial charge in [-0.15, -0.1) is 0 Å². The van der Waals surface area contributed by atoms with Crippen LogP contribution in [0.4, 0.5) is 13.2 Å². The van der Waals surface area contributed by atoms with E-state index in [9.17, 15) is 23.1 Å². The van der Waals surface area contributed by atoms with Gasteiger partial charge in [-0.25, -0.2) is 0 Å². The van der Waals surface area contributed by atoms with Crippen LogP contribution in [-0.4, -0.2) is 31.0 Å². The Hall–Kier alpha value is -0.963.